The molecule has 21 heavy (non-hydrogen) atoms. The Bertz CT molecular complexity index is 791. The number of rotatable bonds is 3. The smallest absolute Gasteiger partial charge is 0.131 e. The molecule has 0 aliphatic heterocycles. The highest BCUT2D eigenvalue weighted by Gasteiger charge is 2.20. The number of fused-ring (bicyclic) bond motifs is 1. The van der Waals surface area contributed by atoms with Gasteiger partial charge < -0.3 is 9.73 Å². The highest BCUT2D eigenvalue weighted by atomic mass is 19.1. The van der Waals surface area contributed by atoms with E-state index in [1.807, 2.05) is 57.3 Å². The maximum absolute atomic E-state index is 14.0. The molecule has 1 unspecified atom stereocenters. The summed E-state index contributed by atoms with van der Waals surface area (Å²) < 4.78 is 19.6. The van der Waals surface area contributed by atoms with E-state index >= 15 is 0 Å². The second-order valence-corrected chi connectivity index (χ2v) is 5.27. The lowest BCUT2D eigenvalue weighted by molar-refractivity contribution is 0.497. The maximum Gasteiger partial charge on any atom is 0.131 e. The van der Waals surface area contributed by atoms with Gasteiger partial charge in [0, 0.05) is 10.9 Å². The third kappa shape index (κ3) is 2.34. The topological polar surface area (TPSA) is 25.2 Å². The first-order valence-electron chi connectivity index (χ1n) is 7.03. The number of hydrogen-bond acceptors (Lipinski definition) is 2. The van der Waals surface area contributed by atoms with Gasteiger partial charge in [-0.1, -0.05) is 30.3 Å². The van der Waals surface area contributed by atoms with E-state index in [-0.39, 0.29) is 11.9 Å². The normalized spacial score (nSPS) is 12.8. The highest BCUT2D eigenvalue weighted by Crippen LogP contribution is 2.32. The Morgan fingerprint density at radius 3 is 2.33 bits per heavy atom. The fraction of sp³-hybridized carbons (Fsp3) is 0.222. The van der Waals surface area contributed by atoms with Crippen LogP contribution in [0.1, 0.15) is 28.7 Å². The second-order valence-electron chi connectivity index (χ2n) is 5.27. The molecule has 0 aliphatic carbocycles. The van der Waals surface area contributed by atoms with Gasteiger partial charge in [0.2, 0.25) is 0 Å². The van der Waals surface area contributed by atoms with Crippen LogP contribution in [0.25, 0.3) is 10.8 Å². The summed E-state index contributed by atoms with van der Waals surface area (Å²) in [5.74, 6) is 1.58. The van der Waals surface area contributed by atoms with Crippen molar-refractivity contribution in [3.8, 4) is 0 Å². The van der Waals surface area contributed by atoms with Crippen molar-refractivity contribution >= 4 is 10.8 Å². The molecule has 108 valence electrons. The lowest BCUT2D eigenvalue weighted by Gasteiger charge is -2.18. The van der Waals surface area contributed by atoms with E-state index in [9.17, 15) is 4.39 Å². The molecular formula is C18H18FNO. The van der Waals surface area contributed by atoms with Crippen molar-refractivity contribution < 1.29 is 8.81 Å². The Morgan fingerprint density at radius 1 is 1.00 bits per heavy atom. The Labute approximate surface area is 123 Å². The number of hydrogen-bond donors (Lipinski definition) is 1. The summed E-state index contributed by atoms with van der Waals surface area (Å²) in [7, 11) is 1.91. The minimum absolute atomic E-state index is 0.0204. The Kier molecular flexibility index (Phi) is 3.52. The third-order valence-electron chi connectivity index (χ3n) is 3.89. The SMILES string of the molecule is CNC(c1cc(C)oc1C)c1ccc(F)c2ccccc12. The molecule has 0 radical (unpaired) electrons. The second kappa shape index (κ2) is 5.34. The van der Waals surface area contributed by atoms with Crippen molar-refractivity contribution in [2.24, 2.45) is 0 Å². The standard InChI is InChI=1S/C18H18FNO/c1-11-10-16(12(2)21-11)18(20-3)15-8-9-17(19)14-7-5-4-6-13(14)15/h4-10,18,20H,1-3H3. The molecule has 1 heterocycles. The third-order valence-corrected chi connectivity index (χ3v) is 3.89. The van der Waals surface area contributed by atoms with Crippen LogP contribution in [0.2, 0.25) is 0 Å². The fourth-order valence-corrected chi connectivity index (χ4v) is 2.95. The van der Waals surface area contributed by atoms with Crippen LogP contribution in [0.5, 0.6) is 0 Å². The molecule has 2 aromatic carbocycles. The molecule has 0 spiro atoms. The molecule has 0 saturated heterocycles. The minimum atomic E-state index is -0.190. The van der Waals surface area contributed by atoms with Crippen molar-refractivity contribution in [3.05, 3.63) is 70.9 Å². The highest BCUT2D eigenvalue weighted by molar-refractivity contribution is 5.87. The first-order valence-corrected chi connectivity index (χ1v) is 7.03. The van der Waals surface area contributed by atoms with Crippen LogP contribution in [0, 0.1) is 19.7 Å². The van der Waals surface area contributed by atoms with Crippen LogP contribution < -0.4 is 5.32 Å². The van der Waals surface area contributed by atoms with Crippen LogP contribution in [0.3, 0.4) is 0 Å². The molecule has 0 amide bonds. The summed E-state index contributed by atoms with van der Waals surface area (Å²) in [6, 6.07) is 13.0. The van der Waals surface area contributed by atoms with Gasteiger partial charge in [-0.15, -0.1) is 0 Å². The number of furan rings is 1. The molecule has 0 bridgehead atoms. The zero-order valence-corrected chi connectivity index (χ0v) is 12.4. The molecule has 0 fully saturated rings. The summed E-state index contributed by atoms with van der Waals surface area (Å²) in [6.45, 7) is 3.89. The molecule has 1 N–H and O–H groups in total. The van der Waals surface area contributed by atoms with Gasteiger partial charge in [0.25, 0.3) is 0 Å². The molecule has 0 saturated carbocycles. The summed E-state index contributed by atoms with van der Waals surface area (Å²) in [6.07, 6.45) is 0. The molecule has 1 aromatic heterocycles. The lowest BCUT2D eigenvalue weighted by Crippen LogP contribution is -2.18. The zero-order chi connectivity index (χ0) is 15.0. The van der Waals surface area contributed by atoms with Crippen LogP contribution in [0.4, 0.5) is 4.39 Å². The summed E-state index contributed by atoms with van der Waals surface area (Å²) in [4.78, 5) is 0. The summed E-state index contributed by atoms with van der Waals surface area (Å²) in [5, 5.41) is 4.89. The number of aryl methyl sites for hydroxylation is 2. The van der Waals surface area contributed by atoms with Crippen molar-refractivity contribution in [2.75, 3.05) is 7.05 Å². The first-order chi connectivity index (χ1) is 10.1. The van der Waals surface area contributed by atoms with Crippen LogP contribution >= 0.6 is 0 Å². The zero-order valence-electron chi connectivity index (χ0n) is 12.4. The van der Waals surface area contributed by atoms with E-state index in [1.165, 1.54) is 6.07 Å². The van der Waals surface area contributed by atoms with E-state index in [4.69, 9.17) is 4.42 Å². The average molecular weight is 283 g/mol. The van der Waals surface area contributed by atoms with Crippen LogP contribution in [-0.4, -0.2) is 7.05 Å². The average Bonchev–Trinajstić information content (AvgIpc) is 2.81. The lowest BCUT2D eigenvalue weighted by atomic mass is 9.93. The van der Waals surface area contributed by atoms with Crippen molar-refractivity contribution in [1.82, 2.24) is 5.32 Å². The van der Waals surface area contributed by atoms with Crippen LogP contribution in [0.15, 0.2) is 46.9 Å². The van der Waals surface area contributed by atoms with E-state index in [0.29, 0.717) is 5.39 Å². The van der Waals surface area contributed by atoms with Gasteiger partial charge in [0.1, 0.15) is 17.3 Å². The summed E-state index contributed by atoms with van der Waals surface area (Å²) >= 11 is 0. The number of halogens is 1. The molecule has 2 nitrogen and oxygen atoms in total. The number of nitrogens with one attached hydrogen (secondary N) is 1. The van der Waals surface area contributed by atoms with Crippen molar-refractivity contribution in [1.29, 1.82) is 0 Å². The maximum atomic E-state index is 14.0. The van der Waals surface area contributed by atoms with Gasteiger partial charge in [0.15, 0.2) is 0 Å². The molecule has 1 atom stereocenters. The first kappa shape index (κ1) is 13.8. The van der Waals surface area contributed by atoms with Gasteiger partial charge in [-0.25, -0.2) is 4.39 Å². The molecule has 3 rings (SSSR count). The fourth-order valence-electron chi connectivity index (χ4n) is 2.95. The van der Waals surface area contributed by atoms with Crippen LogP contribution in [-0.2, 0) is 0 Å². The predicted octanol–water partition coefficient (Wildman–Crippen LogP) is 4.50. The Hall–Kier alpha value is -2.13. The van der Waals surface area contributed by atoms with E-state index in [2.05, 4.69) is 5.32 Å². The molecular weight excluding hydrogens is 265 g/mol. The molecule has 0 aliphatic rings. The molecule has 3 heteroatoms. The van der Waals surface area contributed by atoms with Gasteiger partial charge in [0.05, 0.1) is 6.04 Å². The van der Waals surface area contributed by atoms with E-state index < -0.39 is 0 Å². The predicted molar refractivity (Wildman–Crippen MR) is 83.0 cm³/mol. The van der Waals surface area contributed by atoms with Gasteiger partial charge in [-0.2, -0.15) is 0 Å². The van der Waals surface area contributed by atoms with Gasteiger partial charge in [-0.05, 0) is 44.0 Å². The van der Waals surface area contributed by atoms with Gasteiger partial charge in [-0.3, -0.25) is 0 Å². The number of benzene rings is 2. The Balaban J connectivity index is 2.22. The van der Waals surface area contributed by atoms with Crippen molar-refractivity contribution in [3.63, 3.8) is 0 Å². The Morgan fingerprint density at radius 2 is 1.71 bits per heavy atom. The quantitative estimate of drug-likeness (QED) is 0.765. The monoisotopic (exact) mass is 283 g/mol. The summed E-state index contributed by atoms with van der Waals surface area (Å²) in [5.41, 5.74) is 2.14. The van der Waals surface area contributed by atoms with Crippen molar-refractivity contribution in [2.45, 2.75) is 19.9 Å². The van der Waals surface area contributed by atoms with E-state index in [0.717, 1.165) is 28.0 Å². The van der Waals surface area contributed by atoms with Gasteiger partial charge >= 0.3 is 0 Å². The van der Waals surface area contributed by atoms with E-state index in [1.54, 1.807) is 0 Å². The largest absolute Gasteiger partial charge is 0.466 e. The molecule has 3 aromatic rings. The minimum Gasteiger partial charge on any atom is -0.466 e.